The SMILES string of the molecule is C=C(NCc1cc2cc(Cl)c(N3Cc4cccnc4C3)cc2[nH]1)N1CCCC1. The highest BCUT2D eigenvalue weighted by atomic mass is 35.5. The molecule has 0 unspecified atom stereocenters. The number of pyridine rings is 1. The largest absolute Gasteiger partial charge is 0.367 e. The summed E-state index contributed by atoms with van der Waals surface area (Å²) in [5.74, 6) is 1.01. The van der Waals surface area contributed by atoms with Gasteiger partial charge in [-0.15, -0.1) is 0 Å². The molecule has 144 valence electrons. The second-order valence-electron chi connectivity index (χ2n) is 7.65. The molecule has 0 saturated carbocycles. The van der Waals surface area contributed by atoms with Crippen LogP contribution >= 0.6 is 11.6 Å². The maximum Gasteiger partial charge on any atom is 0.0941 e. The smallest absolute Gasteiger partial charge is 0.0941 e. The predicted molar refractivity (Wildman–Crippen MR) is 114 cm³/mol. The van der Waals surface area contributed by atoms with Gasteiger partial charge in [0.2, 0.25) is 0 Å². The van der Waals surface area contributed by atoms with Crippen LogP contribution in [0.5, 0.6) is 0 Å². The molecule has 0 atom stereocenters. The molecular weight excluding hydrogens is 370 g/mol. The Bertz CT molecular complexity index is 1010. The van der Waals surface area contributed by atoms with Crippen LogP contribution in [-0.4, -0.2) is 28.0 Å². The lowest BCUT2D eigenvalue weighted by Gasteiger charge is -2.21. The molecule has 6 heteroatoms. The van der Waals surface area contributed by atoms with Crippen LogP contribution < -0.4 is 10.2 Å². The molecular formula is C22H24ClN5. The highest BCUT2D eigenvalue weighted by molar-refractivity contribution is 6.34. The number of likely N-dealkylation sites (tertiary alicyclic amines) is 1. The lowest BCUT2D eigenvalue weighted by molar-refractivity contribution is 0.390. The van der Waals surface area contributed by atoms with Crippen LogP contribution in [0.3, 0.4) is 0 Å². The maximum atomic E-state index is 6.64. The fourth-order valence-electron chi connectivity index (χ4n) is 4.21. The number of rotatable bonds is 5. The van der Waals surface area contributed by atoms with E-state index in [1.165, 1.54) is 18.4 Å². The summed E-state index contributed by atoms with van der Waals surface area (Å²) in [5.41, 5.74) is 5.70. The number of H-pyrrole nitrogens is 1. The summed E-state index contributed by atoms with van der Waals surface area (Å²) in [6.45, 7) is 8.75. The van der Waals surface area contributed by atoms with Crippen molar-refractivity contribution in [2.24, 2.45) is 0 Å². The number of nitrogens with one attached hydrogen (secondary N) is 2. The minimum Gasteiger partial charge on any atom is -0.367 e. The Balaban J connectivity index is 1.34. The first-order valence-electron chi connectivity index (χ1n) is 9.84. The van der Waals surface area contributed by atoms with E-state index in [9.17, 15) is 0 Å². The maximum absolute atomic E-state index is 6.64. The minimum atomic E-state index is 0.732. The summed E-state index contributed by atoms with van der Waals surface area (Å²) < 4.78 is 0. The van der Waals surface area contributed by atoms with Crippen LogP contribution in [0.25, 0.3) is 10.9 Å². The topological polar surface area (TPSA) is 47.2 Å². The molecule has 1 saturated heterocycles. The van der Waals surface area contributed by atoms with E-state index < -0.39 is 0 Å². The van der Waals surface area contributed by atoms with Crippen molar-refractivity contribution in [3.05, 3.63) is 70.9 Å². The molecule has 0 radical (unpaired) electrons. The van der Waals surface area contributed by atoms with E-state index in [0.717, 1.165) is 71.5 Å². The highest BCUT2D eigenvalue weighted by Gasteiger charge is 2.22. The first-order chi connectivity index (χ1) is 13.7. The fraction of sp³-hybridized carbons (Fsp3) is 0.318. The third-order valence-electron chi connectivity index (χ3n) is 5.74. The molecule has 5 nitrogen and oxygen atoms in total. The molecule has 0 aliphatic carbocycles. The average molecular weight is 394 g/mol. The van der Waals surface area contributed by atoms with Crippen LogP contribution in [0.2, 0.25) is 5.02 Å². The molecule has 28 heavy (non-hydrogen) atoms. The number of aromatic amines is 1. The Morgan fingerprint density at radius 3 is 2.89 bits per heavy atom. The number of hydrogen-bond acceptors (Lipinski definition) is 4. The van der Waals surface area contributed by atoms with E-state index in [-0.39, 0.29) is 0 Å². The predicted octanol–water partition coefficient (Wildman–Crippen LogP) is 4.39. The van der Waals surface area contributed by atoms with Crippen molar-refractivity contribution in [3.8, 4) is 0 Å². The normalized spacial score (nSPS) is 16.0. The van der Waals surface area contributed by atoms with Crippen LogP contribution in [0.4, 0.5) is 5.69 Å². The zero-order chi connectivity index (χ0) is 19.1. The minimum absolute atomic E-state index is 0.732. The number of aromatic nitrogens is 2. The van der Waals surface area contributed by atoms with Gasteiger partial charge in [0.05, 0.1) is 35.3 Å². The number of hydrogen-bond donors (Lipinski definition) is 2. The molecule has 3 aromatic rings. The molecule has 0 bridgehead atoms. The van der Waals surface area contributed by atoms with Gasteiger partial charge >= 0.3 is 0 Å². The van der Waals surface area contributed by atoms with Gasteiger partial charge in [0.25, 0.3) is 0 Å². The van der Waals surface area contributed by atoms with Crippen molar-refractivity contribution < 1.29 is 0 Å². The van der Waals surface area contributed by atoms with E-state index in [1.54, 1.807) is 0 Å². The number of anilines is 1. The van der Waals surface area contributed by atoms with Crippen molar-refractivity contribution in [2.75, 3.05) is 18.0 Å². The number of fused-ring (bicyclic) bond motifs is 2. The lowest BCUT2D eigenvalue weighted by Crippen LogP contribution is -2.28. The summed E-state index contributed by atoms with van der Waals surface area (Å²) >= 11 is 6.64. The van der Waals surface area contributed by atoms with E-state index >= 15 is 0 Å². The number of nitrogens with zero attached hydrogens (tertiary/aromatic N) is 3. The monoisotopic (exact) mass is 393 g/mol. The van der Waals surface area contributed by atoms with Gasteiger partial charge in [-0.2, -0.15) is 0 Å². The van der Waals surface area contributed by atoms with Gasteiger partial charge in [0, 0.05) is 42.4 Å². The van der Waals surface area contributed by atoms with Crippen molar-refractivity contribution in [1.29, 1.82) is 0 Å². The highest BCUT2D eigenvalue weighted by Crippen LogP contribution is 2.35. The van der Waals surface area contributed by atoms with Gasteiger partial charge in [0.15, 0.2) is 0 Å². The van der Waals surface area contributed by atoms with E-state index in [0.29, 0.717) is 0 Å². The van der Waals surface area contributed by atoms with E-state index in [1.807, 2.05) is 12.3 Å². The van der Waals surface area contributed by atoms with Crippen LogP contribution in [0.1, 0.15) is 29.8 Å². The molecule has 2 aliphatic heterocycles. The summed E-state index contributed by atoms with van der Waals surface area (Å²) in [5, 5.41) is 5.36. The van der Waals surface area contributed by atoms with Crippen molar-refractivity contribution in [2.45, 2.75) is 32.5 Å². The molecule has 1 fully saturated rings. The summed E-state index contributed by atoms with van der Waals surface area (Å²) in [6.07, 6.45) is 4.36. The van der Waals surface area contributed by atoms with Crippen molar-refractivity contribution in [3.63, 3.8) is 0 Å². The second kappa shape index (κ2) is 7.06. The summed E-state index contributed by atoms with van der Waals surface area (Å²) in [4.78, 5) is 12.6. The summed E-state index contributed by atoms with van der Waals surface area (Å²) in [6, 6.07) is 10.5. The van der Waals surface area contributed by atoms with Crippen LogP contribution in [0, 0.1) is 0 Å². The molecule has 4 heterocycles. The van der Waals surface area contributed by atoms with Gasteiger partial charge in [-0.1, -0.05) is 24.2 Å². The standard InChI is InChI=1S/C22H24ClN5/c1-15(27-7-2-3-8-27)25-12-18-9-17-10-19(23)22(11-20(17)26-18)28-13-16-5-4-6-24-21(16)14-28/h4-6,9-11,25-26H,1-3,7-8,12-14H2. The first-order valence-corrected chi connectivity index (χ1v) is 10.2. The number of halogens is 1. The Labute approximate surface area is 170 Å². The van der Waals surface area contributed by atoms with Crippen LogP contribution in [0.15, 0.2) is 48.9 Å². The molecule has 5 rings (SSSR count). The Morgan fingerprint density at radius 2 is 2.07 bits per heavy atom. The molecule has 1 aromatic carbocycles. The van der Waals surface area contributed by atoms with Crippen LogP contribution in [-0.2, 0) is 19.6 Å². The zero-order valence-electron chi connectivity index (χ0n) is 15.8. The summed E-state index contributed by atoms with van der Waals surface area (Å²) in [7, 11) is 0. The van der Waals surface area contributed by atoms with Crippen molar-refractivity contribution >= 4 is 28.2 Å². The van der Waals surface area contributed by atoms with Gasteiger partial charge in [0.1, 0.15) is 0 Å². The fourth-order valence-corrected chi connectivity index (χ4v) is 4.50. The second-order valence-corrected chi connectivity index (χ2v) is 8.05. The van der Waals surface area contributed by atoms with Gasteiger partial charge in [-0.3, -0.25) is 4.98 Å². The van der Waals surface area contributed by atoms with Gasteiger partial charge < -0.3 is 20.1 Å². The third kappa shape index (κ3) is 3.20. The van der Waals surface area contributed by atoms with Gasteiger partial charge in [-0.05, 0) is 42.7 Å². The molecule has 2 aromatic heterocycles. The van der Waals surface area contributed by atoms with Gasteiger partial charge in [-0.25, -0.2) is 0 Å². The molecule has 2 N–H and O–H groups in total. The quantitative estimate of drug-likeness (QED) is 0.674. The lowest BCUT2D eigenvalue weighted by atomic mass is 10.2. The number of benzene rings is 1. The average Bonchev–Trinajstić information content (AvgIpc) is 3.43. The molecule has 2 aliphatic rings. The zero-order valence-corrected chi connectivity index (χ0v) is 16.6. The van der Waals surface area contributed by atoms with E-state index in [4.69, 9.17) is 11.6 Å². The van der Waals surface area contributed by atoms with Crippen molar-refractivity contribution in [1.82, 2.24) is 20.2 Å². The first kappa shape index (κ1) is 17.4. The Morgan fingerprint density at radius 1 is 1.21 bits per heavy atom. The molecule has 0 amide bonds. The molecule has 0 spiro atoms. The third-order valence-corrected chi connectivity index (χ3v) is 6.04. The van der Waals surface area contributed by atoms with E-state index in [2.05, 4.69) is 55.9 Å². The Kier molecular flexibility index (Phi) is 4.40. The Hall–Kier alpha value is -2.66.